The number of aliphatic hydroxyl groups excluding tert-OH is 1. The smallest absolute Gasteiger partial charge is 0.307 e. The number of hydrogen-bond acceptors (Lipinski definition) is 5. The van der Waals surface area contributed by atoms with Crippen LogP contribution in [0, 0.1) is 40.4 Å². The molecule has 0 spiro atoms. The fourth-order valence-corrected chi connectivity index (χ4v) is 3.82. The van der Waals surface area contributed by atoms with Crippen LogP contribution in [0.5, 0.6) is 0 Å². The molecule has 0 aromatic carbocycles. The third kappa shape index (κ3) is 6.09. The lowest BCUT2D eigenvalue weighted by molar-refractivity contribution is -0.147. The van der Waals surface area contributed by atoms with Crippen molar-refractivity contribution in [3.05, 3.63) is 0 Å². The zero-order valence-corrected chi connectivity index (χ0v) is 17.0. The molecule has 1 heterocycles. The summed E-state index contributed by atoms with van der Waals surface area (Å²) < 4.78 is 5.27. The number of aliphatic hydroxyl groups is 1. The Labute approximate surface area is 158 Å². The normalized spacial score (nSPS) is 35.3. The van der Waals surface area contributed by atoms with Gasteiger partial charge in [-0.3, -0.25) is 9.59 Å². The topological polar surface area (TPSA) is 87.4 Å². The van der Waals surface area contributed by atoms with Gasteiger partial charge in [0.15, 0.2) is 0 Å². The van der Waals surface area contributed by atoms with Crippen LogP contribution in [-0.4, -0.2) is 29.6 Å². The van der Waals surface area contributed by atoms with Gasteiger partial charge in [0.25, 0.3) is 0 Å². The molecule has 1 aliphatic heterocycles. The fourth-order valence-electron chi connectivity index (χ4n) is 3.82. The number of ether oxygens (including phenoxy) is 1. The minimum Gasteiger partial charge on any atom is -0.466 e. The molecular formula is C21H35NO4. The Balaban J connectivity index is 3.00. The van der Waals surface area contributed by atoms with Gasteiger partial charge in [0.1, 0.15) is 5.78 Å². The monoisotopic (exact) mass is 365 g/mol. The summed E-state index contributed by atoms with van der Waals surface area (Å²) in [6.07, 6.45) is 3.91. The van der Waals surface area contributed by atoms with Gasteiger partial charge in [-0.1, -0.05) is 47.5 Å². The number of hydrogen-bond donors (Lipinski definition) is 1. The van der Waals surface area contributed by atoms with Gasteiger partial charge in [0.2, 0.25) is 0 Å². The number of ketones is 1. The maximum absolute atomic E-state index is 13.0. The van der Waals surface area contributed by atoms with Gasteiger partial charge in [-0.25, -0.2) is 0 Å². The number of esters is 1. The zero-order valence-electron chi connectivity index (χ0n) is 17.0. The van der Waals surface area contributed by atoms with Crippen molar-refractivity contribution in [1.82, 2.24) is 0 Å². The molecule has 1 fully saturated rings. The number of carbonyl (C=O) groups excluding carboxylic acids is 2. The van der Waals surface area contributed by atoms with Crippen LogP contribution in [0.1, 0.15) is 73.1 Å². The Kier molecular flexibility index (Phi) is 8.76. The van der Waals surface area contributed by atoms with Crippen molar-refractivity contribution in [2.24, 2.45) is 29.1 Å². The Morgan fingerprint density at radius 2 is 1.73 bits per heavy atom. The van der Waals surface area contributed by atoms with Crippen LogP contribution in [0.3, 0.4) is 0 Å². The molecule has 0 aromatic rings. The number of nitrogens with zero attached hydrogens (tertiary/aromatic N) is 1. The average Bonchev–Trinajstić information content (AvgIpc) is 2.60. The van der Waals surface area contributed by atoms with E-state index in [1.165, 1.54) is 0 Å². The number of nitriles is 1. The molecule has 5 heteroatoms. The molecule has 0 amide bonds. The highest BCUT2D eigenvalue weighted by Gasteiger charge is 2.43. The van der Waals surface area contributed by atoms with Gasteiger partial charge in [0.05, 0.1) is 31.1 Å². The quantitative estimate of drug-likeness (QED) is 0.658. The number of rotatable bonds is 0. The third-order valence-corrected chi connectivity index (χ3v) is 6.00. The highest BCUT2D eigenvalue weighted by molar-refractivity contribution is 5.88. The summed E-state index contributed by atoms with van der Waals surface area (Å²) in [6, 6.07) is 2.11. The Hall–Kier alpha value is -1.41. The van der Waals surface area contributed by atoms with Crippen LogP contribution < -0.4 is 0 Å². The minimum absolute atomic E-state index is 0.0235. The third-order valence-electron chi connectivity index (χ3n) is 6.00. The standard InChI is InChI=1S/C21H35NO4/c1-14-8-6-10-15(2)19(24)16(3)20(25)21(4,5)17(13-22)12-18(23)26-11-7-9-14/h14-17,19,24H,6-12H2,1-5H3/t14?,15-,16+,17?,19-/m0/s1. The Morgan fingerprint density at radius 1 is 1.12 bits per heavy atom. The second-order valence-corrected chi connectivity index (χ2v) is 8.63. The molecule has 2 unspecified atom stereocenters. The first-order valence-corrected chi connectivity index (χ1v) is 9.88. The van der Waals surface area contributed by atoms with Crippen molar-refractivity contribution < 1.29 is 19.4 Å². The molecule has 5 atom stereocenters. The van der Waals surface area contributed by atoms with Gasteiger partial charge in [-0.05, 0) is 31.1 Å². The van der Waals surface area contributed by atoms with Gasteiger partial charge in [-0.2, -0.15) is 5.26 Å². The molecule has 1 saturated heterocycles. The number of Topliss-reactive ketones (excluding diaryl/α,β-unsaturated/α-hetero) is 1. The van der Waals surface area contributed by atoms with Crippen LogP contribution in [0.4, 0.5) is 0 Å². The lowest BCUT2D eigenvalue weighted by atomic mass is 9.69. The van der Waals surface area contributed by atoms with Crippen molar-refractivity contribution in [3.63, 3.8) is 0 Å². The zero-order chi connectivity index (χ0) is 19.9. The molecule has 26 heavy (non-hydrogen) atoms. The Bertz CT molecular complexity index is 523. The summed E-state index contributed by atoms with van der Waals surface area (Å²) in [7, 11) is 0. The van der Waals surface area contributed by atoms with E-state index in [1.807, 2.05) is 6.92 Å². The second-order valence-electron chi connectivity index (χ2n) is 8.63. The van der Waals surface area contributed by atoms with Crippen molar-refractivity contribution in [3.8, 4) is 6.07 Å². The molecule has 0 aromatic heterocycles. The molecule has 0 aliphatic carbocycles. The van der Waals surface area contributed by atoms with E-state index >= 15 is 0 Å². The summed E-state index contributed by atoms with van der Waals surface area (Å²) in [5.74, 6) is -1.38. The van der Waals surface area contributed by atoms with Crippen molar-refractivity contribution >= 4 is 11.8 Å². The predicted octanol–water partition coefficient (Wildman–Crippen LogP) is 3.89. The first-order valence-electron chi connectivity index (χ1n) is 9.88. The van der Waals surface area contributed by atoms with Gasteiger partial charge >= 0.3 is 5.97 Å². The molecule has 1 N–H and O–H groups in total. The SMILES string of the molecule is CC1CCCOC(=O)CC(C#N)C(C)(C)C(=O)[C@H](C)[C@@H](O)[C@@H](C)CCC1. The van der Waals surface area contributed by atoms with Crippen molar-refractivity contribution in [2.75, 3.05) is 6.61 Å². The fraction of sp³-hybridized carbons (Fsp3) is 0.857. The number of cyclic esters (lactones) is 1. The van der Waals surface area contributed by atoms with E-state index in [2.05, 4.69) is 13.0 Å². The van der Waals surface area contributed by atoms with Crippen molar-refractivity contribution in [1.29, 1.82) is 5.26 Å². The summed E-state index contributed by atoms with van der Waals surface area (Å²) in [6.45, 7) is 9.64. The van der Waals surface area contributed by atoms with E-state index in [0.717, 1.165) is 32.1 Å². The van der Waals surface area contributed by atoms with Crippen molar-refractivity contribution in [2.45, 2.75) is 79.2 Å². The largest absolute Gasteiger partial charge is 0.466 e. The molecule has 0 radical (unpaired) electrons. The summed E-state index contributed by atoms with van der Waals surface area (Å²) >= 11 is 0. The van der Waals surface area contributed by atoms with Crippen LogP contribution in [0.2, 0.25) is 0 Å². The van der Waals surface area contributed by atoms with E-state index < -0.39 is 29.3 Å². The van der Waals surface area contributed by atoms with Gasteiger partial charge in [0, 0.05) is 11.3 Å². The molecule has 1 rings (SSSR count). The average molecular weight is 366 g/mol. The van der Waals surface area contributed by atoms with Crippen LogP contribution in [-0.2, 0) is 14.3 Å². The van der Waals surface area contributed by atoms with E-state index in [0.29, 0.717) is 12.5 Å². The lowest BCUT2D eigenvalue weighted by Gasteiger charge is -2.34. The van der Waals surface area contributed by atoms with Crippen LogP contribution in [0.15, 0.2) is 0 Å². The highest BCUT2D eigenvalue weighted by atomic mass is 16.5. The predicted molar refractivity (Wildman–Crippen MR) is 100 cm³/mol. The molecule has 5 nitrogen and oxygen atoms in total. The molecule has 0 saturated carbocycles. The summed E-state index contributed by atoms with van der Waals surface area (Å²) in [4.78, 5) is 25.1. The molecule has 0 bridgehead atoms. The van der Waals surface area contributed by atoms with Crippen LogP contribution >= 0.6 is 0 Å². The first kappa shape index (κ1) is 22.6. The van der Waals surface area contributed by atoms with E-state index in [-0.39, 0.29) is 18.1 Å². The summed E-state index contributed by atoms with van der Waals surface area (Å²) in [5, 5.41) is 20.2. The summed E-state index contributed by atoms with van der Waals surface area (Å²) in [5.41, 5.74) is -1.01. The maximum atomic E-state index is 13.0. The first-order chi connectivity index (χ1) is 12.1. The van der Waals surface area contributed by atoms with Gasteiger partial charge in [-0.15, -0.1) is 0 Å². The molecular weight excluding hydrogens is 330 g/mol. The Morgan fingerprint density at radius 3 is 2.35 bits per heavy atom. The second kappa shape index (κ2) is 10.1. The maximum Gasteiger partial charge on any atom is 0.307 e. The van der Waals surface area contributed by atoms with Gasteiger partial charge < -0.3 is 9.84 Å². The van der Waals surface area contributed by atoms with E-state index in [4.69, 9.17) is 4.74 Å². The van der Waals surface area contributed by atoms with Crippen LogP contribution in [0.25, 0.3) is 0 Å². The lowest BCUT2D eigenvalue weighted by Crippen LogP contribution is -2.42. The molecule has 148 valence electrons. The molecule has 1 aliphatic rings. The van der Waals surface area contributed by atoms with E-state index in [1.54, 1.807) is 20.8 Å². The van der Waals surface area contributed by atoms with E-state index in [9.17, 15) is 20.0 Å². The minimum atomic E-state index is -1.01. The number of carbonyl (C=O) groups is 2. The highest BCUT2D eigenvalue weighted by Crippen LogP contribution is 2.35.